The van der Waals surface area contributed by atoms with Gasteiger partial charge in [-0.3, -0.25) is 9.59 Å². The lowest BCUT2D eigenvalue weighted by atomic mass is 9.96. The molecule has 92 valence electrons. The Morgan fingerprint density at radius 3 is 2.71 bits per heavy atom. The summed E-state index contributed by atoms with van der Waals surface area (Å²) >= 11 is 0. The highest BCUT2D eigenvalue weighted by Crippen LogP contribution is 2.14. The zero-order chi connectivity index (χ0) is 12.7. The standard InChI is InChI=1S/C12H16N2O3/c1-3-6-9(12(16)17-4-2)11(15)10-7-5-8-13-14-10/h5,7-9H,3-4,6H2,1-2H3. The van der Waals surface area contributed by atoms with E-state index in [9.17, 15) is 9.59 Å². The van der Waals surface area contributed by atoms with Crippen LogP contribution in [0.3, 0.4) is 0 Å². The number of esters is 1. The predicted molar refractivity (Wildman–Crippen MR) is 61.4 cm³/mol. The molecule has 1 rings (SSSR count). The summed E-state index contributed by atoms with van der Waals surface area (Å²) in [6, 6.07) is 3.17. The van der Waals surface area contributed by atoms with E-state index < -0.39 is 11.9 Å². The van der Waals surface area contributed by atoms with E-state index in [0.717, 1.165) is 6.42 Å². The van der Waals surface area contributed by atoms with E-state index in [1.54, 1.807) is 19.1 Å². The number of hydrogen-bond acceptors (Lipinski definition) is 5. The molecular formula is C12H16N2O3. The molecule has 0 saturated carbocycles. The minimum atomic E-state index is -0.767. The first-order valence-electron chi connectivity index (χ1n) is 5.69. The maximum absolute atomic E-state index is 12.0. The number of aromatic nitrogens is 2. The molecule has 1 aromatic rings. The molecule has 0 saturated heterocycles. The lowest BCUT2D eigenvalue weighted by Crippen LogP contribution is -2.27. The molecule has 17 heavy (non-hydrogen) atoms. The molecule has 1 atom stereocenters. The molecule has 0 amide bonds. The topological polar surface area (TPSA) is 69.2 Å². The Balaban J connectivity index is 2.84. The summed E-state index contributed by atoms with van der Waals surface area (Å²) in [4.78, 5) is 23.7. The van der Waals surface area contributed by atoms with E-state index in [0.29, 0.717) is 6.42 Å². The highest BCUT2D eigenvalue weighted by molar-refractivity contribution is 6.07. The highest BCUT2D eigenvalue weighted by atomic mass is 16.5. The van der Waals surface area contributed by atoms with E-state index in [2.05, 4.69) is 10.2 Å². The van der Waals surface area contributed by atoms with Gasteiger partial charge in [-0.05, 0) is 25.5 Å². The zero-order valence-corrected chi connectivity index (χ0v) is 10.0. The number of ether oxygens (including phenoxy) is 1. The van der Waals surface area contributed by atoms with E-state index in [1.165, 1.54) is 6.20 Å². The van der Waals surface area contributed by atoms with E-state index in [1.807, 2.05) is 6.92 Å². The van der Waals surface area contributed by atoms with Crippen LogP contribution in [0.5, 0.6) is 0 Å². The van der Waals surface area contributed by atoms with Crippen LogP contribution in [0, 0.1) is 5.92 Å². The Morgan fingerprint density at radius 2 is 2.18 bits per heavy atom. The summed E-state index contributed by atoms with van der Waals surface area (Å²) in [6.07, 6.45) is 2.68. The van der Waals surface area contributed by atoms with Crippen LogP contribution in [0.1, 0.15) is 37.2 Å². The van der Waals surface area contributed by atoms with Gasteiger partial charge in [0.15, 0.2) is 5.78 Å². The molecule has 0 radical (unpaired) electrons. The van der Waals surface area contributed by atoms with Crippen LogP contribution in [0.15, 0.2) is 18.3 Å². The largest absolute Gasteiger partial charge is 0.465 e. The van der Waals surface area contributed by atoms with Crippen molar-refractivity contribution in [3.05, 3.63) is 24.0 Å². The van der Waals surface area contributed by atoms with Crippen LogP contribution in [-0.2, 0) is 9.53 Å². The van der Waals surface area contributed by atoms with Gasteiger partial charge in [0.25, 0.3) is 0 Å². The quantitative estimate of drug-likeness (QED) is 0.426. The molecule has 5 nitrogen and oxygen atoms in total. The van der Waals surface area contributed by atoms with Gasteiger partial charge in [0.05, 0.1) is 6.61 Å². The van der Waals surface area contributed by atoms with Crippen molar-refractivity contribution in [2.45, 2.75) is 26.7 Å². The van der Waals surface area contributed by atoms with Crippen LogP contribution in [0.25, 0.3) is 0 Å². The summed E-state index contributed by atoms with van der Waals surface area (Å²) < 4.78 is 4.89. The van der Waals surface area contributed by atoms with Crippen molar-refractivity contribution in [2.75, 3.05) is 6.61 Å². The van der Waals surface area contributed by atoms with Gasteiger partial charge in [-0.15, -0.1) is 5.10 Å². The third-order valence-corrected chi connectivity index (χ3v) is 2.29. The van der Waals surface area contributed by atoms with Gasteiger partial charge >= 0.3 is 5.97 Å². The van der Waals surface area contributed by atoms with Gasteiger partial charge in [-0.2, -0.15) is 5.10 Å². The molecule has 0 bridgehead atoms. The number of Topliss-reactive ketones (excluding diaryl/α,β-unsaturated/α-hetero) is 1. The molecule has 1 aromatic heterocycles. The number of hydrogen-bond donors (Lipinski definition) is 0. The first-order chi connectivity index (χ1) is 8.20. The van der Waals surface area contributed by atoms with Gasteiger partial charge in [-0.25, -0.2) is 0 Å². The molecule has 0 aliphatic carbocycles. The second-order valence-electron chi connectivity index (χ2n) is 3.57. The zero-order valence-electron chi connectivity index (χ0n) is 10.0. The second-order valence-corrected chi connectivity index (χ2v) is 3.57. The lowest BCUT2D eigenvalue weighted by Gasteiger charge is -2.12. The fourth-order valence-electron chi connectivity index (χ4n) is 1.50. The van der Waals surface area contributed by atoms with Crippen LogP contribution >= 0.6 is 0 Å². The molecule has 0 aliphatic heterocycles. The monoisotopic (exact) mass is 236 g/mol. The minimum absolute atomic E-state index is 0.207. The van der Waals surface area contributed by atoms with Crippen LogP contribution in [-0.4, -0.2) is 28.6 Å². The SMILES string of the molecule is CCCC(C(=O)OCC)C(=O)c1cccnn1. The maximum Gasteiger partial charge on any atom is 0.316 e. The smallest absolute Gasteiger partial charge is 0.316 e. The fraction of sp³-hybridized carbons (Fsp3) is 0.500. The molecule has 0 aliphatic rings. The van der Waals surface area contributed by atoms with Crippen LogP contribution in [0.2, 0.25) is 0 Å². The third kappa shape index (κ3) is 3.62. The Labute approximate surface area is 100 Å². The Morgan fingerprint density at radius 1 is 1.41 bits per heavy atom. The van der Waals surface area contributed by atoms with Crippen molar-refractivity contribution in [1.82, 2.24) is 10.2 Å². The number of carbonyl (C=O) groups is 2. The van der Waals surface area contributed by atoms with E-state index in [4.69, 9.17) is 4.74 Å². The van der Waals surface area contributed by atoms with Crippen molar-refractivity contribution in [3.8, 4) is 0 Å². The number of ketones is 1. The van der Waals surface area contributed by atoms with Gasteiger partial charge in [0.2, 0.25) is 0 Å². The number of rotatable bonds is 6. The molecule has 1 unspecified atom stereocenters. The number of carbonyl (C=O) groups excluding carboxylic acids is 2. The summed E-state index contributed by atoms with van der Waals surface area (Å²) in [5, 5.41) is 7.35. The predicted octanol–water partition coefficient (Wildman–Crippen LogP) is 1.64. The summed E-state index contributed by atoms with van der Waals surface area (Å²) in [5.74, 6) is -1.57. The Hall–Kier alpha value is -1.78. The third-order valence-electron chi connectivity index (χ3n) is 2.29. The number of nitrogens with zero attached hydrogens (tertiary/aromatic N) is 2. The van der Waals surface area contributed by atoms with Gasteiger partial charge in [-0.1, -0.05) is 13.3 Å². The van der Waals surface area contributed by atoms with Crippen molar-refractivity contribution >= 4 is 11.8 Å². The summed E-state index contributed by atoms with van der Waals surface area (Å²) in [6.45, 7) is 3.90. The summed E-state index contributed by atoms with van der Waals surface area (Å²) in [7, 11) is 0. The molecule has 1 heterocycles. The molecule has 5 heteroatoms. The minimum Gasteiger partial charge on any atom is -0.465 e. The molecular weight excluding hydrogens is 220 g/mol. The first-order valence-corrected chi connectivity index (χ1v) is 5.69. The average Bonchev–Trinajstić information content (AvgIpc) is 2.36. The van der Waals surface area contributed by atoms with Crippen LogP contribution in [0.4, 0.5) is 0 Å². The highest BCUT2D eigenvalue weighted by Gasteiger charge is 2.28. The van der Waals surface area contributed by atoms with Gasteiger partial charge in [0.1, 0.15) is 11.6 Å². The molecule has 0 fully saturated rings. The van der Waals surface area contributed by atoms with Crippen molar-refractivity contribution in [2.24, 2.45) is 5.92 Å². The van der Waals surface area contributed by atoms with E-state index >= 15 is 0 Å². The summed E-state index contributed by atoms with van der Waals surface area (Å²) in [5.41, 5.74) is 0.207. The maximum atomic E-state index is 12.0. The average molecular weight is 236 g/mol. The Kier molecular flexibility index (Phi) is 5.26. The van der Waals surface area contributed by atoms with E-state index in [-0.39, 0.29) is 18.1 Å². The molecule has 0 N–H and O–H groups in total. The fourth-order valence-corrected chi connectivity index (χ4v) is 1.50. The molecule has 0 aromatic carbocycles. The molecule has 0 spiro atoms. The first kappa shape index (κ1) is 13.3. The lowest BCUT2D eigenvalue weighted by molar-refractivity contribution is -0.146. The van der Waals surface area contributed by atoms with Gasteiger partial charge in [0, 0.05) is 6.20 Å². The van der Waals surface area contributed by atoms with Crippen molar-refractivity contribution < 1.29 is 14.3 Å². The second kappa shape index (κ2) is 6.73. The Bertz CT molecular complexity index is 379. The van der Waals surface area contributed by atoms with Crippen molar-refractivity contribution in [1.29, 1.82) is 0 Å². The van der Waals surface area contributed by atoms with Gasteiger partial charge < -0.3 is 4.74 Å². The van der Waals surface area contributed by atoms with Crippen molar-refractivity contribution in [3.63, 3.8) is 0 Å². The van der Waals surface area contributed by atoms with Crippen LogP contribution < -0.4 is 0 Å². The normalized spacial score (nSPS) is 11.9.